The maximum Gasteiger partial charge on any atom is 0.0273 e. The molecule has 2 rings (SSSR count). The minimum absolute atomic E-state index is 0.378. The summed E-state index contributed by atoms with van der Waals surface area (Å²) in [6.07, 6.45) is 4.89. The van der Waals surface area contributed by atoms with E-state index >= 15 is 0 Å². The monoisotopic (exact) mass is 253 g/mol. The predicted octanol–water partition coefficient (Wildman–Crippen LogP) is 5.29. The molecule has 1 heteroatoms. The Morgan fingerprint density at radius 2 is 1.42 bits per heavy atom. The minimum Gasteiger partial charge on any atom is -0.265 e. The van der Waals surface area contributed by atoms with Crippen LogP contribution in [0.3, 0.4) is 0 Å². The largest absolute Gasteiger partial charge is 0.265 e. The van der Waals surface area contributed by atoms with Crippen LogP contribution in [0.2, 0.25) is 0 Å². The lowest BCUT2D eigenvalue weighted by atomic mass is 9.82. The summed E-state index contributed by atoms with van der Waals surface area (Å²) in [7, 11) is 0. The van der Waals surface area contributed by atoms with Crippen LogP contribution in [0.4, 0.5) is 0 Å². The second-order valence-electron chi connectivity index (χ2n) is 6.52. The molecule has 2 aromatic rings. The molecule has 0 saturated carbocycles. The first-order valence-electron chi connectivity index (χ1n) is 6.96. The van der Waals surface area contributed by atoms with Gasteiger partial charge < -0.3 is 0 Å². The lowest BCUT2D eigenvalue weighted by molar-refractivity contribution is 0.349. The SMILES string of the molecule is CC(CC(C)(C)C)c1ccc(-c2ccncc2)cc1. The Labute approximate surface area is 116 Å². The Bertz CT molecular complexity index is 506. The highest BCUT2D eigenvalue weighted by molar-refractivity contribution is 5.62. The van der Waals surface area contributed by atoms with Crippen molar-refractivity contribution in [2.75, 3.05) is 0 Å². The molecule has 0 saturated heterocycles. The average Bonchev–Trinajstić information content (AvgIpc) is 2.38. The highest BCUT2D eigenvalue weighted by atomic mass is 14.6. The van der Waals surface area contributed by atoms with Crippen molar-refractivity contribution in [3.63, 3.8) is 0 Å². The van der Waals surface area contributed by atoms with Crippen LogP contribution in [-0.4, -0.2) is 4.98 Å². The Morgan fingerprint density at radius 3 is 1.95 bits per heavy atom. The average molecular weight is 253 g/mol. The molecule has 0 aliphatic rings. The quantitative estimate of drug-likeness (QED) is 0.724. The number of benzene rings is 1. The number of rotatable bonds is 3. The Kier molecular flexibility index (Phi) is 4.04. The highest BCUT2D eigenvalue weighted by Gasteiger charge is 2.16. The topological polar surface area (TPSA) is 12.9 Å². The van der Waals surface area contributed by atoms with E-state index < -0.39 is 0 Å². The molecule has 0 spiro atoms. The summed E-state index contributed by atoms with van der Waals surface area (Å²) >= 11 is 0. The maximum absolute atomic E-state index is 4.06. The van der Waals surface area contributed by atoms with Crippen LogP contribution in [0.1, 0.15) is 45.6 Å². The second kappa shape index (κ2) is 5.56. The van der Waals surface area contributed by atoms with Gasteiger partial charge in [-0.25, -0.2) is 0 Å². The fourth-order valence-corrected chi connectivity index (χ4v) is 2.58. The van der Waals surface area contributed by atoms with Gasteiger partial charge in [0.15, 0.2) is 0 Å². The Hall–Kier alpha value is -1.63. The van der Waals surface area contributed by atoms with Crippen molar-refractivity contribution in [1.82, 2.24) is 4.98 Å². The van der Waals surface area contributed by atoms with E-state index in [0.29, 0.717) is 11.3 Å². The zero-order valence-electron chi connectivity index (χ0n) is 12.4. The van der Waals surface area contributed by atoms with Crippen molar-refractivity contribution in [3.05, 3.63) is 54.4 Å². The molecule has 0 bridgehead atoms. The van der Waals surface area contributed by atoms with E-state index in [1.165, 1.54) is 23.1 Å². The molecule has 0 radical (unpaired) electrons. The van der Waals surface area contributed by atoms with Gasteiger partial charge in [-0.15, -0.1) is 0 Å². The van der Waals surface area contributed by atoms with E-state index in [1.54, 1.807) is 0 Å². The van der Waals surface area contributed by atoms with Crippen molar-refractivity contribution < 1.29 is 0 Å². The van der Waals surface area contributed by atoms with Gasteiger partial charge in [-0.3, -0.25) is 4.98 Å². The Morgan fingerprint density at radius 1 is 0.895 bits per heavy atom. The third-order valence-electron chi connectivity index (χ3n) is 3.41. The van der Waals surface area contributed by atoms with Crippen LogP contribution < -0.4 is 0 Å². The minimum atomic E-state index is 0.378. The van der Waals surface area contributed by atoms with E-state index in [0.717, 1.165) is 0 Å². The van der Waals surface area contributed by atoms with Gasteiger partial charge in [0.2, 0.25) is 0 Å². The van der Waals surface area contributed by atoms with Crippen molar-refractivity contribution in [2.45, 2.75) is 40.0 Å². The molecular formula is C18H23N. The van der Waals surface area contributed by atoms with E-state index in [1.807, 2.05) is 24.5 Å². The van der Waals surface area contributed by atoms with Crippen LogP contribution in [0.5, 0.6) is 0 Å². The van der Waals surface area contributed by atoms with Gasteiger partial charge in [-0.2, -0.15) is 0 Å². The van der Waals surface area contributed by atoms with Gasteiger partial charge in [0, 0.05) is 12.4 Å². The van der Waals surface area contributed by atoms with E-state index in [4.69, 9.17) is 0 Å². The van der Waals surface area contributed by atoms with E-state index in [-0.39, 0.29) is 0 Å². The van der Waals surface area contributed by atoms with Crippen molar-refractivity contribution in [1.29, 1.82) is 0 Å². The van der Waals surface area contributed by atoms with Crippen molar-refractivity contribution in [3.8, 4) is 11.1 Å². The molecular weight excluding hydrogens is 230 g/mol. The van der Waals surface area contributed by atoms with Crippen LogP contribution >= 0.6 is 0 Å². The molecule has 1 heterocycles. The first-order valence-corrected chi connectivity index (χ1v) is 6.96. The maximum atomic E-state index is 4.06. The van der Waals surface area contributed by atoms with Gasteiger partial charge in [0.05, 0.1) is 0 Å². The zero-order valence-corrected chi connectivity index (χ0v) is 12.4. The molecule has 0 amide bonds. The second-order valence-corrected chi connectivity index (χ2v) is 6.52. The predicted molar refractivity (Wildman–Crippen MR) is 82.2 cm³/mol. The molecule has 1 atom stereocenters. The van der Waals surface area contributed by atoms with Crippen LogP contribution in [0, 0.1) is 5.41 Å². The normalized spacial score (nSPS) is 13.3. The molecule has 100 valence electrons. The summed E-state index contributed by atoms with van der Waals surface area (Å²) in [6.45, 7) is 9.21. The van der Waals surface area contributed by atoms with Gasteiger partial charge >= 0.3 is 0 Å². The standard InChI is InChI=1S/C18H23N/c1-14(13-18(2,3)4)15-5-7-16(8-6-15)17-9-11-19-12-10-17/h5-12,14H,13H2,1-4H3. The van der Waals surface area contributed by atoms with E-state index in [2.05, 4.69) is 56.9 Å². The van der Waals surface area contributed by atoms with Gasteiger partial charge in [0.25, 0.3) is 0 Å². The Balaban J connectivity index is 2.15. The van der Waals surface area contributed by atoms with E-state index in [9.17, 15) is 0 Å². The summed E-state index contributed by atoms with van der Waals surface area (Å²) in [6, 6.07) is 13.0. The lowest BCUT2D eigenvalue weighted by Gasteiger charge is -2.23. The summed E-state index contributed by atoms with van der Waals surface area (Å²) in [4.78, 5) is 4.06. The van der Waals surface area contributed by atoms with Crippen molar-refractivity contribution in [2.24, 2.45) is 5.41 Å². The number of hydrogen-bond acceptors (Lipinski definition) is 1. The van der Waals surface area contributed by atoms with Gasteiger partial charge in [-0.1, -0.05) is 52.0 Å². The van der Waals surface area contributed by atoms with Gasteiger partial charge in [0.1, 0.15) is 0 Å². The molecule has 1 aromatic carbocycles. The molecule has 0 aliphatic carbocycles. The fourth-order valence-electron chi connectivity index (χ4n) is 2.58. The number of nitrogens with zero attached hydrogens (tertiary/aromatic N) is 1. The first kappa shape index (κ1) is 13.8. The molecule has 19 heavy (non-hydrogen) atoms. The number of aromatic nitrogens is 1. The third-order valence-corrected chi connectivity index (χ3v) is 3.41. The van der Waals surface area contributed by atoms with Crippen LogP contribution in [0.25, 0.3) is 11.1 Å². The van der Waals surface area contributed by atoms with Crippen molar-refractivity contribution >= 4 is 0 Å². The number of pyridine rings is 1. The first-order chi connectivity index (χ1) is 8.96. The number of hydrogen-bond donors (Lipinski definition) is 0. The summed E-state index contributed by atoms with van der Waals surface area (Å²) in [5.74, 6) is 0.603. The summed E-state index contributed by atoms with van der Waals surface area (Å²) < 4.78 is 0. The third kappa shape index (κ3) is 3.92. The summed E-state index contributed by atoms with van der Waals surface area (Å²) in [5, 5.41) is 0. The molecule has 1 nitrogen and oxygen atoms in total. The summed E-state index contributed by atoms with van der Waals surface area (Å²) in [5.41, 5.74) is 4.29. The molecule has 0 aliphatic heterocycles. The van der Waals surface area contributed by atoms with Crippen LogP contribution in [-0.2, 0) is 0 Å². The van der Waals surface area contributed by atoms with Crippen LogP contribution in [0.15, 0.2) is 48.8 Å². The zero-order chi connectivity index (χ0) is 13.9. The molecule has 1 unspecified atom stereocenters. The molecule has 1 aromatic heterocycles. The highest BCUT2D eigenvalue weighted by Crippen LogP contribution is 2.31. The fraction of sp³-hybridized carbons (Fsp3) is 0.389. The molecule has 0 N–H and O–H groups in total. The van der Waals surface area contributed by atoms with Gasteiger partial charge in [-0.05, 0) is 46.6 Å². The molecule has 0 fully saturated rings. The lowest BCUT2D eigenvalue weighted by Crippen LogP contribution is -2.09. The smallest absolute Gasteiger partial charge is 0.0273 e.